The minimum absolute atomic E-state index is 0.153. The molecule has 1 aliphatic rings. The maximum atomic E-state index is 13.9. The fourth-order valence-corrected chi connectivity index (χ4v) is 2.75. The Kier molecular flexibility index (Phi) is 3.22. The van der Waals surface area contributed by atoms with Gasteiger partial charge in [-0.1, -0.05) is 11.6 Å². The van der Waals surface area contributed by atoms with Crippen LogP contribution in [0, 0.1) is 5.82 Å². The molecule has 20 heavy (non-hydrogen) atoms. The molecule has 7 heteroatoms. The third-order valence-electron chi connectivity index (χ3n) is 3.53. The summed E-state index contributed by atoms with van der Waals surface area (Å²) in [6.07, 6.45) is 4.37. The van der Waals surface area contributed by atoms with Crippen LogP contribution in [0.25, 0.3) is 10.9 Å². The SMILES string of the molecule is C[C@@]1(O)CCCN(c2ncnc3c(F)c(Cl)ncc23)C1. The second-order valence-corrected chi connectivity index (χ2v) is 5.70. The van der Waals surface area contributed by atoms with Gasteiger partial charge in [0.2, 0.25) is 0 Å². The number of aromatic nitrogens is 3. The third kappa shape index (κ3) is 2.29. The fraction of sp³-hybridized carbons (Fsp3) is 0.462. The molecule has 0 radical (unpaired) electrons. The number of rotatable bonds is 1. The van der Waals surface area contributed by atoms with Gasteiger partial charge in [-0.15, -0.1) is 0 Å². The van der Waals surface area contributed by atoms with E-state index in [9.17, 15) is 9.50 Å². The van der Waals surface area contributed by atoms with Gasteiger partial charge in [-0.3, -0.25) is 0 Å². The first-order valence-electron chi connectivity index (χ1n) is 6.40. The average Bonchev–Trinajstić information content (AvgIpc) is 2.41. The predicted molar refractivity (Wildman–Crippen MR) is 74.4 cm³/mol. The van der Waals surface area contributed by atoms with Crippen molar-refractivity contribution in [2.24, 2.45) is 0 Å². The van der Waals surface area contributed by atoms with E-state index >= 15 is 0 Å². The molecule has 0 amide bonds. The molecule has 1 saturated heterocycles. The van der Waals surface area contributed by atoms with Crippen LogP contribution in [-0.2, 0) is 0 Å². The fourth-order valence-electron chi connectivity index (χ4n) is 2.61. The molecule has 0 spiro atoms. The van der Waals surface area contributed by atoms with Crippen molar-refractivity contribution in [2.75, 3.05) is 18.0 Å². The lowest BCUT2D eigenvalue weighted by atomic mass is 9.95. The Morgan fingerprint density at radius 3 is 2.95 bits per heavy atom. The Bertz CT molecular complexity index is 664. The molecular weight excluding hydrogens is 283 g/mol. The van der Waals surface area contributed by atoms with Crippen LogP contribution in [0.1, 0.15) is 19.8 Å². The van der Waals surface area contributed by atoms with Gasteiger partial charge in [0.05, 0.1) is 11.0 Å². The highest BCUT2D eigenvalue weighted by atomic mass is 35.5. The van der Waals surface area contributed by atoms with Crippen molar-refractivity contribution in [3.8, 4) is 0 Å². The highest BCUT2D eigenvalue weighted by Gasteiger charge is 2.30. The molecule has 1 aliphatic heterocycles. The Balaban J connectivity index is 2.10. The van der Waals surface area contributed by atoms with E-state index in [-0.39, 0.29) is 10.7 Å². The maximum Gasteiger partial charge on any atom is 0.186 e. The summed E-state index contributed by atoms with van der Waals surface area (Å²) in [5.74, 6) is -0.0605. The molecule has 106 valence electrons. The first-order valence-corrected chi connectivity index (χ1v) is 6.78. The molecule has 2 aromatic rings. The van der Waals surface area contributed by atoms with Crippen molar-refractivity contribution >= 4 is 28.3 Å². The van der Waals surface area contributed by atoms with Crippen molar-refractivity contribution in [2.45, 2.75) is 25.4 Å². The molecule has 3 rings (SSSR count). The second-order valence-electron chi connectivity index (χ2n) is 5.34. The molecule has 0 unspecified atom stereocenters. The smallest absolute Gasteiger partial charge is 0.186 e. The van der Waals surface area contributed by atoms with E-state index in [0.29, 0.717) is 17.7 Å². The molecule has 0 aromatic carbocycles. The maximum absolute atomic E-state index is 13.9. The number of hydrogen-bond acceptors (Lipinski definition) is 5. The lowest BCUT2D eigenvalue weighted by molar-refractivity contribution is 0.0448. The van der Waals surface area contributed by atoms with Gasteiger partial charge in [-0.05, 0) is 19.8 Å². The lowest BCUT2D eigenvalue weighted by Gasteiger charge is -2.37. The van der Waals surface area contributed by atoms with Gasteiger partial charge >= 0.3 is 0 Å². The summed E-state index contributed by atoms with van der Waals surface area (Å²) in [7, 11) is 0. The highest BCUT2D eigenvalue weighted by Crippen LogP contribution is 2.30. The first-order chi connectivity index (χ1) is 9.48. The summed E-state index contributed by atoms with van der Waals surface area (Å²) in [5.41, 5.74) is -0.617. The molecule has 2 aromatic heterocycles. The van der Waals surface area contributed by atoms with Crippen LogP contribution in [-0.4, -0.2) is 38.7 Å². The Hall–Kier alpha value is -1.53. The van der Waals surface area contributed by atoms with Crippen molar-refractivity contribution in [1.29, 1.82) is 0 Å². The predicted octanol–water partition coefficient (Wildman–Crippen LogP) is 2.17. The number of fused-ring (bicyclic) bond motifs is 1. The zero-order chi connectivity index (χ0) is 14.3. The van der Waals surface area contributed by atoms with E-state index in [2.05, 4.69) is 15.0 Å². The first kappa shape index (κ1) is 13.5. The van der Waals surface area contributed by atoms with Gasteiger partial charge in [0, 0.05) is 19.3 Å². The highest BCUT2D eigenvalue weighted by molar-refractivity contribution is 6.30. The van der Waals surface area contributed by atoms with Crippen molar-refractivity contribution < 1.29 is 9.50 Å². The molecule has 1 fully saturated rings. The van der Waals surface area contributed by atoms with Gasteiger partial charge in [0.1, 0.15) is 17.7 Å². The molecule has 3 heterocycles. The number of halogens is 2. The molecule has 1 atom stereocenters. The van der Waals surface area contributed by atoms with Gasteiger partial charge in [0.25, 0.3) is 0 Å². The Morgan fingerprint density at radius 2 is 2.20 bits per heavy atom. The summed E-state index contributed by atoms with van der Waals surface area (Å²) in [6, 6.07) is 0. The van der Waals surface area contributed by atoms with E-state index in [1.807, 2.05) is 4.90 Å². The molecule has 0 aliphatic carbocycles. The summed E-state index contributed by atoms with van der Waals surface area (Å²) in [4.78, 5) is 13.9. The Morgan fingerprint density at radius 1 is 1.40 bits per heavy atom. The van der Waals surface area contributed by atoms with Crippen LogP contribution < -0.4 is 4.90 Å². The zero-order valence-electron chi connectivity index (χ0n) is 11.0. The van der Waals surface area contributed by atoms with Crippen molar-refractivity contribution in [3.05, 3.63) is 23.5 Å². The monoisotopic (exact) mass is 296 g/mol. The van der Waals surface area contributed by atoms with Gasteiger partial charge in [-0.25, -0.2) is 19.3 Å². The lowest BCUT2D eigenvalue weighted by Crippen LogP contribution is -2.46. The number of anilines is 1. The van der Waals surface area contributed by atoms with E-state index in [4.69, 9.17) is 11.6 Å². The van der Waals surface area contributed by atoms with Crippen LogP contribution in [0.2, 0.25) is 5.15 Å². The summed E-state index contributed by atoms with van der Waals surface area (Å²) < 4.78 is 13.9. The van der Waals surface area contributed by atoms with Crippen LogP contribution in [0.4, 0.5) is 10.2 Å². The van der Waals surface area contributed by atoms with E-state index in [1.165, 1.54) is 12.5 Å². The van der Waals surface area contributed by atoms with Gasteiger partial charge in [-0.2, -0.15) is 0 Å². The Labute approximate surface area is 120 Å². The summed E-state index contributed by atoms with van der Waals surface area (Å²) in [5, 5.41) is 10.5. The zero-order valence-corrected chi connectivity index (χ0v) is 11.7. The molecule has 0 bridgehead atoms. The third-order valence-corrected chi connectivity index (χ3v) is 3.80. The second kappa shape index (κ2) is 4.79. The van der Waals surface area contributed by atoms with Gasteiger partial charge in [0.15, 0.2) is 11.0 Å². The topological polar surface area (TPSA) is 62.1 Å². The van der Waals surface area contributed by atoms with Crippen LogP contribution in [0.5, 0.6) is 0 Å². The number of nitrogens with zero attached hydrogens (tertiary/aromatic N) is 4. The van der Waals surface area contributed by atoms with Gasteiger partial charge < -0.3 is 10.0 Å². The number of β-amino-alcohol motifs (C(OH)–C–C–N with tert-alkyl or cyclic N) is 1. The molecular formula is C13H14ClFN4O. The van der Waals surface area contributed by atoms with E-state index in [0.717, 1.165) is 19.4 Å². The largest absolute Gasteiger partial charge is 0.388 e. The standard InChI is InChI=1S/C13H14ClFN4O/c1-13(20)3-2-4-19(6-13)12-8-5-16-11(14)9(15)10(8)17-7-18-12/h5,7,20H,2-4,6H2,1H3/t13-/m1/s1. The molecule has 1 N–H and O–H groups in total. The quantitative estimate of drug-likeness (QED) is 0.817. The minimum atomic E-state index is -0.770. The number of aliphatic hydroxyl groups is 1. The molecule has 0 saturated carbocycles. The summed E-state index contributed by atoms with van der Waals surface area (Å²) >= 11 is 5.67. The number of pyridine rings is 1. The van der Waals surface area contributed by atoms with Crippen molar-refractivity contribution in [3.63, 3.8) is 0 Å². The minimum Gasteiger partial charge on any atom is -0.388 e. The van der Waals surface area contributed by atoms with Crippen LogP contribution in [0.3, 0.4) is 0 Å². The molecule has 5 nitrogen and oxygen atoms in total. The van der Waals surface area contributed by atoms with E-state index < -0.39 is 11.4 Å². The normalized spacial score (nSPS) is 23.3. The van der Waals surface area contributed by atoms with Crippen LogP contribution in [0.15, 0.2) is 12.5 Å². The van der Waals surface area contributed by atoms with Crippen LogP contribution >= 0.6 is 11.6 Å². The number of piperidine rings is 1. The average molecular weight is 297 g/mol. The number of hydrogen-bond donors (Lipinski definition) is 1. The van der Waals surface area contributed by atoms with E-state index in [1.54, 1.807) is 6.92 Å². The van der Waals surface area contributed by atoms with Crippen molar-refractivity contribution in [1.82, 2.24) is 15.0 Å². The summed E-state index contributed by atoms with van der Waals surface area (Å²) in [6.45, 7) is 2.99.